The van der Waals surface area contributed by atoms with Crippen LogP contribution < -0.4 is 14.8 Å². The number of hydrogen-bond donors (Lipinski definition) is 1. The molecule has 0 saturated heterocycles. The number of carbonyl (C=O) groups excluding carboxylic acids is 1. The van der Waals surface area contributed by atoms with E-state index in [1.54, 1.807) is 51.5 Å². The van der Waals surface area contributed by atoms with Crippen LogP contribution in [0, 0.1) is 6.92 Å². The van der Waals surface area contributed by atoms with Crippen LogP contribution in [0.1, 0.15) is 21.7 Å². The molecule has 1 aromatic heterocycles. The van der Waals surface area contributed by atoms with Crippen molar-refractivity contribution in [1.82, 2.24) is 4.98 Å². The van der Waals surface area contributed by atoms with Crippen LogP contribution in [0.4, 0.5) is 5.69 Å². The molecule has 0 bridgehead atoms. The number of nitrogens with one attached hydrogen (secondary N) is 1. The summed E-state index contributed by atoms with van der Waals surface area (Å²) < 4.78 is 16.1. The maximum Gasteiger partial charge on any atom is 0.257 e. The van der Waals surface area contributed by atoms with Crippen molar-refractivity contribution in [3.05, 3.63) is 77.6 Å². The second-order valence-electron chi connectivity index (χ2n) is 6.13. The maximum absolute atomic E-state index is 12.6. The lowest BCUT2D eigenvalue weighted by molar-refractivity contribution is 0.102. The van der Waals surface area contributed by atoms with Gasteiger partial charge in [0.2, 0.25) is 0 Å². The van der Waals surface area contributed by atoms with Gasteiger partial charge >= 0.3 is 0 Å². The van der Waals surface area contributed by atoms with E-state index in [9.17, 15) is 4.79 Å². The number of amides is 1. The average molecular weight is 378 g/mol. The minimum atomic E-state index is -0.229. The normalized spacial score (nSPS) is 10.4. The van der Waals surface area contributed by atoms with E-state index in [0.29, 0.717) is 40.8 Å². The summed E-state index contributed by atoms with van der Waals surface area (Å²) in [7, 11) is 3.21. The Labute approximate surface area is 164 Å². The van der Waals surface area contributed by atoms with Crippen molar-refractivity contribution in [3.8, 4) is 17.2 Å². The molecule has 1 amide bonds. The molecule has 0 radical (unpaired) electrons. The van der Waals surface area contributed by atoms with Crippen molar-refractivity contribution < 1.29 is 19.0 Å². The SMILES string of the molecule is COCc1ccc(C(=O)Nc2cccc(Oc3cccc(OC)c3)c2)c(C)n1. The predicted molar refractivity (Wildman–Crippen MR) is 107 cm³/mol. The number of hydrogen-bond acceptors (Lipinski definition) is 5. The van der Waals surface area contributed by atoms with Crippen LogP contribution in [-0.2, 0) is 11.3 Å². The van der Waals surface area contributed by atoms with Crippen LogP contribution in [-0.4, -0.2) is 25.1 Å². The van der Waals surface area contributed by atoms with E-state index in [0.717, 1.165) is 5.69 Å². The Morgan fingerprint density at radius 1 is 0.964 bits per heavy atom. The maximum atomic E-state index is 12.6. The van der Waals surface area contributed by atoms with Gasteiger partial charge in [0.05, 0.1) is 30.7 Å². The van der Waals surface area contributed by atoms with Crippen LogP contribution in [0.15, 0.2) is 60.7 Å². The Bertz CT molecular complexity index is 972. The van der Waals surface area contributed by atoms with Crippen LogP contribution in [0.25, 0.3) is 0 Å². The second-order valence-corrected chi connectivity index (χ2v) is 6.13. The van der Waals surface area contributed by atoms with Crippen molar-refractivity contribution in [2.24, 2.45) is 0 Å². The quantitative estimate of drug-likeness (QED) is 0.651. The smallest absolute Gasteiger partial charge is 0.257 e. The number of pyridine rings is 1. The number of aryl methyl sites for hydroxylation is 1. The number of nitrogens with zero attached hydrogens (tertiary/aromatic N) is 1. The van der Waals surface area contributed by atoms with E-state index in [4.69, 9.17) is 14.2 Å². The number of benzene rings is 2. The minimum Gasteiger partial charge on any atom is -0.497 e. The van der Waals surface area contributed by atoms with Crippen molar-refractivity contribution in [2.45, 2.75) is 13.5 Å². The first kappa shape index (κ1) is 19.4. The Hall–Kier alpha value is -3.38. The molecule has 2 aromatic carbocycles. The molecule has 1 N–H and O–H groups in total. The van der Waals surface area contributed by atoms with E-state index < -0.39 is 0 Å². The van der Waals surface area contributed by atoms with Crippen molar-refractivity contribution in [2.75, 3.05) is 19.5 Å². The Kier molecular flexibility index (Phi) is 6.24. The Morgan fingerprint density at radius 2 is 1.68 bits per heavy atom. The van der Waals surface area contributed by atoms with Crippen LogP contribution in [0.2, 0.25) is 0 Å². The van der Waals surface area contributed by atoms with Gasteiger partial charge in [0.15, 0.2) is 0 Å². The number of ether oxygens (including phenoxy) is 3. The van der Waals surface area contributed by atoms with Gasteiger partial charge in [-0.2, -0.15) is 0 Å². The highest BCUT2D eigenvalue weighted by Crippen LogP contribution is 2.27. The molecule has 0 aliphatic carbocycles. The lowest BCUT2D eigenvalue weighted by atomic mass is 10.1. The van der Waals surface area contributed by atoms with Gasteiger partial charge in [-0.25, -0.2) is 0 Å². The lowest BCUT2D eigenvalue weighted by Gasteiger charge is -2.11. The minimum absolute atomic E-state index is 0.229. The average Bonchev–Trinajstić information content (AvgIpc) is 2.68. The van der Waals surface area contributed by atoms with Gasteiger partial charge in [0, 0.05) is 24.9 Å². The number of rotatable bonds is 7. The van der Waals surface area contributed by atoms with Crippen LogP contribution in [0.5, 0.6) is 17.2 Å². The van der Waals surface area contributed by atoms with E-state index in [1.165, 1.54) is 0 Å². The highest BCUT2D eigenvalue weighted by molar-refractivity contribution is 6.05. The van der Waals surface area contributed by atoms with Gasteiger partial charge in [-0.3, -0.25) is 9.78 Å². The predicted octanol–water partition coefficient (Wildman–Crippen LogP) is 4.59. The number of carbonyl (C=O) groups is 1. The largest absolute Gasteiger partial charge is 0.497 e. The van der Waals surface area contributed by atoms with Crippen LogP contribution >= 0.6 is 0 Å². The van der Waals surface area contributed by atoms with Gasteiger partial charge in [-0.05, 0) is 43.3 Å². The zero-order chi connectivity index (χ0) is 19.9. The molecule has 3 aromatic rings. The molecule has 0 unspecified atom stereocenters. The summed E-state index contributed by atoms with van der Waals surface area (Å²) in [6, 6.07) is 18.1. The topological polar surface area (TPSA) is 69.7 Å². The van der Waals surface area contributed by atoms with Gasteiger partial charge in [-0.15, -0.1) is 0 Å². The molecule has 0 atom stereocenters. The lowest BCUT2D eigenvalue weighted by Crippen LogP contribution is -2.14. The number of aromatic nitrogens is 1. The molecular weight excluding hydrogens is 356 g/mol. The first-order valence-electron chi connectivity index (χ1n) is 8.78. The molecular formula is C22H22N2O4. The summed E-state index contributed by atoms with van der Waals surface area (Å²) in [4.78, 5) is 17.0. The molecule has 0 spiro atoms. The fourth-order valence-electron chi connectivity index (χ4n) is 2.72. The first-order valence-corrected chi connectivity index (χ1v) is 8.78. The molecule has 28 heavy (non-hydrogen) atoms. The molecule has 144 valence electrons. The second kappa shape index (κ2) is 9.01. The zero-order valence-corrected chi connectivity index (χ0v) is 16.1. The monoisotopic (exact) mass is 378 g/mol. The van der Waals surface area contributed by atoms with E-state index >= 15 is 0 Å². The highest BCUT2D eigenvalue weighted by atomic mass is 16.5. The molecule has 0 aliphatic rings. The summed E-state index contributed by atoms with van der Waals surface area (Å²) in [5.41, 5.74) is 2.57. The highest BCUT2D eigenvalue weighted by Gasteiger charge is 2.12. The Morgan fingerprint density at radius 3 is 2.39 bits per heavy atom. The summed E-state index contributed by atoms with van der Waals surface area (Å²) in [5.74, 6) is 1.74. The summed E-state index contributed by atoms with van der Waals surface area (Å²) in [5, 5.41) is 2.88. The van der Waals surface area contributed by atoms with E-state index in [-0.39, 0.29) is 5.91 Å². The molecule has 6 heteroatoms. The molecule has 1 heterocycles. The zero-order valence-electron chi connectivity index (χ0n) is 16.1. The Balaban J connectivity index is 1.72. The van der Waals surface area contributed by atoms with Crippen molar-refractivity contribution >= 4 is 11.6 Å². The van der Waals surface area contributed by atoms with Crippen molar-refractivity contribution in [1.29, 1.82) is 0 Å². The number of anilines is 1. The summed E-state index contributed by atoms with van der Waals surface area (Å²) in [6.07, 6.45) is 0. The van der Waals surface area contributed by atoms with Gasteiger partial charge in [0.25, 0.3) is 5.91 Å². The third-order valence-electron chi connectivity index (χ3n) is 4.05. The fraction of sp³-hybridized carbons (Fsp3) is 0.182. The molecule has 6 nitrogen and oxygen atoms in total. The standard InChI is InChI=1S/C22H22N2O4/c1-15-21(11-10-17(23-15)14-26-2)22(25)24-16-6-4-8-19(12-16)28-20-9-5-7-18(13-20)27-3/h4-13H,14H2,1-3H3,(H,24,25). The van der Waals surface area contributed by atoms with Gasteiger partial charge in [-0.1, -0.05) is 12.1 Å². The fourth-order valence-corrected chi connectivity index (χ4v) is 2.72. The third-order valence-corrected chi connectivity index (χ3v) is 4.05. The molecule has 0 fully saturated rings. The van der Waals surface area contributed by atoms with Gasteiger partial charge in [0.1, 0.15) is 17.2 Å². The van der Waals surface area contributed by atoms with Crippen LogP contribution in [0.3, 0.4) is 0 Å². The molecule has 0 saturated carbocycles. The third kappa shape index (κ3) is 4.86. The molecule has 0 aliphatic heterocycles. The first-order chi connectivity index (χ1) is 13.6. The summed E-state index contributed by atoms with van der Waals surface area (Å²) in [6.45, 7) is 2.21. The van der Waals surface area contributed by atoms with E-state index in [2.05, 4.69) is 10.3 Å². The van der Waals surface area contributed by atoms with Crippen molar-refractivity contribution in [3.63, 3.8) is 0 Å². The molecule has 3 rings (SSSR count). The summed E-state index contributed by atoms with van der Waals surface area (Å²) >= 11 is 0. The number of methoxy groups -OCH3 is 2. The van der Waals surface area contributed by atoms with Gasteiger partial charge < -0.3 is 19.5 Å². The van der Waals surface area contributed by atoms with E-state index in [1.807, 2.05) is 30.3 Å².